The molecule has 22 heavy (non-hydrogen) atoms. The molecule has 2 aromatic rings. The first-order chi connectivity index (χ1) is 10.7. The van der Waals surface area contributed by atoms with Crippen LogP contribution in [-0.4, -0.2) is 39.7 Å². The monoisotopic (exact) mass is 299 g/mol. The van der Waals surface area contributed by atoms with Crippen molar-refractivity contribution in [2.24, 2.45) is 5.41 Å². The van der Waals surface area contributed by atoms with Gasteiger partial charge < -0.3 is 5.11 Å². The highest BCUT2D eigenvalue weighted by molar-refractivity contribution is 5.80. The Hall–Kier alpha value is -1.52. The summed E-state index contributed by atoms with van der Waals surface area (Å²) in [4.78, 5) is 11.8. The molecule has 4 heteroatoms. The van der Waals surface area contributed by atoms with E-state index in [1.165, 1.54) is 0 Å². The topological polar surface area (TPSA) is 49.2 Å². The Kier molecular flexibility index (Phi) is 4.41. The fraction of sp³-hybridized carbons (Fsp3) is 0.556. The summed E-state index contributed by atoms with van der Waals surface area (Å²) in [5, 5.41) is 10.8. The second-order valence-corrected chi connectivity index (χ2v) is 6.53. The average molecular weight is 299 g/mol. The van der Waals surface area contributed by atoms with Gasteiger partial charge in [0, 0.05) is 17.7 Å². The van der Waals surface area contributed by atoms with Crippen LogP contribution >= 0.6 is 0 Å². The van der Waals surface area contributed by atoms with Gasteiger partial charge in [-0.1, -0.05) is 25.1 Å². The lowest BCUT2D eigenvalue weighted by molar-refractivity contribution is 0.0374. The van der Waals surface area contributed by atoms with E-state index in [2.05, 4.69) is 35.9 Å². The summed E-state index contributed by atoms with van der Waals surface area (Å²) < 4.78 is 0. The van der Waals surface area contributed by atoms with Crippen LogP contribution in [0.5, 0.6) is 0 Å². The fourth-order valence-electron chi connectivity index (χ4n) is 3.37. The molecular formula is C18H25N3O. The van der Waals surface area contributed by atoms with Gasteiger partial charge in [0.1, 0.15) is 5.82 Å². The Morgan fingerprint density at radius 1 is 1.18 bits per heavy atom. The minimum Gasteiger partial charge on any atom is -0.396 e. The Bertz CT molecular complexity index is 642. The van der Waals surface area contributed by atoms with Crippen molar-refractivity contribution in [2.45, 2.75) is 39.7 Å². The molecular weight excluding hydrogens is 274 g/mol. The summed E-state index contributed by atoms with van der Waals surface area (Å²) in [5.41, 5.74) is 2.22. The third-order valence-corrected chi connectivity index (χ3v) is 5.21. The summed E-state index contributed by atoms with van der Waals surface area (Å²) in [6.45, 7) is 7.38. The van der Waals surface area contributed by atoms with Crippen LogP contribution in [0.15, 0.2) is 24.3 Å². The summed E-state index contributed by atoms with van der Waals surface area (Å²) in [5.74, 6) is 0.907. The van der Waals surface area contributed by atoms with Crippen LogP contribution in [0.1, 0.15) is 37.7 Å². The summed E-state index contributed by atoms with van der Waals surface area (Å²) in [6.07, 6.45) is 3.18. The van der Waals surface area contributed by atoms with Crippen molar-refractivity contribution in [3.05, 3.63) is 35.8 Å². The number of nitrogens with zero attached hydrogens (tertiary/aromatic N) is 3. The van der Waals surface area contributed by atoms with Gasteiger partial charge in [-0.25, -0.2) is 9.97 Å². The quantitative estimate of drug-likeness (QED) is 0.943. The maximum Gasteiger partial charge on any atom is 0.143 e. The van der Waals surface area contributed by atoms with Gasteiger partial charge in [-0.3, -0.25) is 4.90 Å². The molecule has 0 amide bonds. The molecule has 1 N–H and O–H groups in total. The molecule has 1 aliphatic heterocycles. The second-order valence-electron chi connectivity index (χ2n) is 6.53. The van der Waals surface area contributed by atoms with E-state index in [9.17, 15) is 5.11 Å². The van der Waals surface area contributed by atoms with Gasteiger partial charge in [-0.15, -0.1) is 0 Å². The highest BCUT2D eigenvalue weighted by Gasteiger charge is 2.32. The van der Waals surface area contributed by atoms with Gasteiger partial charge in [0.2, 0.25) is 0 Å². The average Bonchev–Trinajstić information content (AvgIpc) is 2.56. The highest BCUT2D eigenvalue weighted by atomic mass is 16.3. The van der Waals surface area contributed by atoms with E-state index in [-0.39, 0.29) is 5.41 Å². The van der Waals surface area contributed by atoms with Crippen LogP contribution in [0.4, 0.5) is 0 Å². The number of aromatic nitrogens is 2. The Morgan fingerprint density at radius 2 is 1.91 bits per heavy atom. The summed E-state index contributed by atoms with van der Waals surface area (Å²) in [7, 11) is 0. The van der Waals surface area contributed by atoms with Gasteiger partial charge >= 0.3 is 0 Å². The zero-order chi connectivity index (χ0) is 15.6. The van der Waals surface area contributed by atoms with Crippen LogP contribution in [-0.2, 0) is 6.54 Å². The van der Waals surface area contributed by atoms with Crippen LogP contribution in [0.2, 0.25) is 0 Å². The first kappa shape index (κ1) is 15.4. The number of hydrogen-bond acceptors (Lipinski definition) is 4. The molecule has 1 aliphatic rings. The Labute approximate surface area is 132 Å². The van der Waals surface area contributed by atoms with E-state index in [0.29, 0.717) is 6.61 Å². The lowest BCUT2D eigenvalue weighted by atomic mass is 9.77. The first-order valence-corrected chi connectivity index (χ1v) is 8.21. The largest absolute Gasteiger partial charge is 0.396 e. The molecule has 3 rings (SSSR count). The zero-order valence-electron chi connectivity index (χ0n) is 13.5. The number of aliphatic hydroxyl groups excluding tert-OH is 1. The SMILES string of the molecule is CCC1(CO)CCN(Cc2nc(C)c3ccccc3n2)CC1. The number of benzene rings is 1. The van der Waals surface area contributed by atoms with E-state index >= 15 is 0 Å². The normalized spacial score (nSPS) is 18.7. The van der Waals surface area contributed by atoms with Crippen molar-refractivity contribution in [3.8, 4) is 0 Å². The van der Waals surface area contributed by atoms with Crippen molar-refractivity contribution in [3.63, 3.8) is 0 Å². The van der Waals surface area contributed by atoms with E-state index in [1.54, 1.807) is 0 Å². The lowest BCUT2D eigenvalue weighted by Crippen LogP contribution is -2.41. The fourth-order valence-corrected chi connectivity index (χ4v) is 3.37. The molecule has 118 valence electrons. The van der Waals surface area contributed by atoms with Crippen LogP contribution < -0.4 is 0 Å². The van der Waals surface area contributed by atoms with Gasteiger partial charge in [0.15, 0.2) is 0 Å². The predicted molar refractivity (Wildman–Crippen MR) is 88.6 cm³/mol. The van der Waals surface area contributed by atoms with E-state index in [1.807, 2.05) is 12.1 Å². The Balaban J connectivity index is 1.72. The number of aryl methyl sites for hydroxylation is 1. The molecule has 0 spiro atoms. The van der Waals surface area contributed by atoms with Crippen molar-refractivity contribution < 1.29 is 5.11 Å². The molecule has 0 saturated carbocycles. The van der Waals surface area contributed by atoms with Crippen molar-refractivity contribution in [1.82, 2.24) is 14.9 Å². The van der Waals surface area contributed by atoms with Gasteiger partial charge in [-0.2, -0.15) is 0 Å². The first-order valence-electron chi connectivity index (χ1n) is 8.21. The molecule has 1 saturated heterocycles. The number of piperidine rings is 1. The third kappa shape index (κ3) is 2.99. The van der Waals surface area contributed by atoms with Crippen LogP contribution in [0.25, 0.3) is 10.9 Å². The summed E-state index contributed by atoms with van der Waals surface area (Å²) >= 11 is 0. The molecule has 1 fully saturated rings. The molecule has 0 aliphatic carbocycles. The van der Waals surface area contributed by atoms with Crippen molar-refractivity contribution >= 4 is 10.9 Å². The van der Waals surface area contributed by atoms with Gasteiger partial charge in [-0.05, 0) is 50.8 Å². The summed E-state index contributed by atoms with van der Waals surface area (Å²) in [6, 6.07) is 8.18. The third-order valence-electron chi connectivity index (χ3n) is 5.21. The molecule has 0 atom stereocenters. The molecule has 0 unspecified atom stereocenters. The van der Waals surface area contributed by atoms with Gasteiger partial charge in [0.05, 0.1) is 12.1 Å². The number of para-hydroxylation sites is 1. The van der Waals surface area contributed by atoms with Crippen LogP contribution in [0.3, 0.4) is 0 Å². The smallest absolute Gasteiger partial charge is 0.143 e. The molecule has 1 aromatic heterocycles. The number of aliphatic hydroxyl groups is 1. The van der Waals surface area contributed by atoms with E-state index < -0.39 is 0 Å². The minimum absolute atomic E-state index is 0.136. The van der Waals surface area contributed by atoms with Gasteiger partial charge in [0.25, 0.3) is 0 Å². The molecule has 0 bridgehead atoms. The molecule has 1 aromatic carbocycles. The molecule has 0 radical (unpaired) electrons. The van der Waals surface area contributed by atoms with E-state index in [4.69, 9.17) is 4.98 Å². The molecule has 2 heterocycles. The standard InChI is InChI=1S/C18H25N3O/c1-3-18(13-22)8-10-21(11-9-18)12-17-19-14(2)15-6-4-5-7-16(15)20-17/h4-7,22H,3,8-13H2,1-2H3. The number of rotatable bonds is 4. The zero-order valence-corrected chi connectivity index (χ0v) is 13.5. The number of likely N-dealkylation sites (tertiary alicyclic amines) is 1. The highest BCUT2D eigenvalue weighted by Crippen LogP contribution is 2.34. The molecule has 4 nitrogen and oxygen atoms in total. The second kappa shape index (κ2) is 6.31. The van der Waals surface area contributed by atoms with Crippen molar-refractivity contribution in [2.75, 3.05) is 19.7 Å². The number of fused-ring (bicyclic) bond motifs is 1. The Morgan fingerprint density at radius 3 is 2.59 bits per heavy atom. The maximum atomic E-state index is 9.63. The number of hydrogen-bond donors (Lipinski definition) is 1. The van der Waals surface area contributed by atoms with E-state index in [0.717, 1.165) is 61.3 Å². The predicted octanol–water partition coefficient (Wildman–Crippen LogP) is 2.92. The van der Waals surface area contributed by atoms with Crippen LogP contribution in [0, 0.1) is 12.3 Å². The van der Waals surface area contributed by atoms with Crippen molar-refractivity contribution in [1.29, 1.82) is 0 Å². The minimum atomic E-state index is 0.136. The lowest BCUT2D eigenvalue weighted by Gasteiger charge is -2.40. The maximum absolute atomic E-state index is 9.63.